The van der Waals surface area contributed by atoms with Gasteiger partial charge in [0.05, 0.1) is 10.0 Å². The first-order chi connectivity index (χ1) is 33.9. The minimum absolute atomic E-state index is 0. The van der Waals surface area contributed by atoms with Gasteiger partial charge in [0, 0.05) is 65.4 Å². The second-order valence-corrected chi connectivity index (χ2v) is 18.8. The first kappa shape index (κ1) is 54.6. The molecule has 0 bridgehead atoms. The number of nitrogens with zero attached hydrogens (tertiary/aromatic N) is 4. The fourth-order valence-corrected chi connectivity index (χ4v) is 8.85. The van der Waals surface area contributed by atoms with E-state index in [0.29, 0.717) is 66.9 Å². The van der Waals surface area contributed by atoms with Gasteiger partial charge in [0.1, 0.15) is 34.2 Å². The van der Waals surface area contributed by atoms with E-state index in [4.69, 9.17) is 42.5 Å². The van der Waals surface area contributed by atoms with Crippen LogP contribution in [0.2, 0.25) is 10.0 Å². The number of furan rings is 2. The van der Waals surface area contributed by atoms with E-state index in [1.54, 1.807) is 60.7 Å². The molecule has 0 unspecified atom stereocenters. The van der Waals surface area contributed by atoms with Gasteiger partial charge in [-0.3, -0.25) is 28.8 Å². The number of aromatic nitrogens is 2. The highest BCUT2D eigenvalue weighted by atomic mass is 35.5. The molecular weight excluding hydrogens is 991 g/mol. The highest BCUT2D eigenvalue weighted by Crippen LogP contribution is 2.37. The predicted molar refractivity (Wildman–Crippen MR) is 280 cm³/mol. The topological polar surface area (TPSA) is 256 Å². The Morgan fingerprint density at radius 3 is 1.49 bits per heavy atom. The van der Waals surface area contributed by atoms with Gasteiger partial charge < -0.3 is 55.7 Å². The summed E-state index contributed by atoms with van der Waals surface area (Å²) in [6.07, 6.45) is 9.56. The van der Waals surface area contributed by atoms with Crippen molar-refractivity contribution in [2.45, 2.75) is 70.4 Å². The Morgan fingerprint density at radius 1 is 0.625 bits per heavy atom. The van der Waals surface area contributed by atoms with Crippen molar-refractivity contribution in [2.24, 2.45) is 11.8 Å². The Bertz CT molecular complexity index is 2910. The summed E-state index contributed by atoms with van der Waals surface area (Å²) in [5.41, 5.74) is 8.12. The van der Waals surface area contributed by atoms with Crippen LogP contribution in [0.4, 0.5) is 34.4 Å². The summed E-state index contributed by atoms with van der Waals surface area (Å²) in [4.78, 5) is 88.3. The number of carbonyl (C=O) groups excluding carboxylic acids is 6. The molecule has 6 aromatic rings. The molecule has 2 aliphatic carbocycles. The summed E-state index contributed by atoms with van der Waals surface area (Å²) < 4.78 is 16.4. The van der Waals surface area contributed by atoms with Gasteiger partial charge in [0.25, 0.3) is 17.7 Å². The fraction of sp³-hybridized carbons (Fsp3) is 0.360. The minimum Gasteiger partial charge on any atom is -0.456 e. The van der Waals surface area contributed by atoms with Crippen LogP contribution >= 0.6 is 35.6 Å². The molecule has 0 saturated heterocycles. The maximum Gasteiger partial charge on any atom is 0.303 e. The molecule has 2 fully saturated rings. The largest absolute Gasteiger partial charge is 0.456 e. The number of nitrogens with one attached hydrogen (secondary N) is 5. The van der Waals surface area contributed by atoms with Crippen molar-refractivity contribution < 1.29 is 42.3 Å². The number of carbonyl (C=O) groups is 6. The number of esters is 1. The number of hydrogen-bond acceptors (Lipinski definition) is 14. The number of anilines is 6. The zero-order chi connectivity index (χ0) is 50.9. The zero-order valence-corrected chi connectivity index (χ0v) is 42.6. The van der Waals surface area contributed by atoms with Crippen LogP contribution in [-0.2, 0) is 23.9 Å². The summed E-state index contributed by atoms with van der Waals surface area (Å²) in [5.74, 6) is -2.47. The molecular formula is C50H57Cl3N10O9. The van der Waals surface area contributed by atoms with E-state index >= 15 is 0 Å². The highest BCUT2D eigenvalue weighted by molar-refractivity contribution is 6.30. The Hall–Kier alpha value is -6.77. The van der Waals surface area contributed by atoms with Crippen molar-refractivity contribution in [3.05, 3.63) is 94.6 Å². The van der Waals surface area contributed by atoms with Crippen LogP contribution in [-0.4, -0.2) is 102 Å². The predicted octanol–water partition coefficient (Wildman–Crippen LogP) is 9.09. The number of ether oxygens (including phenoxy) is 1. The van der Waals surface area contributed by atoms with Gasteiger partial charge in [-0.2, -0.15) is 0 Å². The van der Waals surface area contributed by atoms with Gasteiger partial charge >= 0.3 is 5.97 Å². The fourth-order valence-electron chi connectivity index (χ4n) is 8.63. The summed E-state index contributed by atoms with van der Waals surface area (Å²) in [6.45, 7) is 0.762. The second-order valence-electron chi connectivity index (χ2n) is 18.0. The second kappa shape index (κ2) is 24.6. The number of nitrogens with two attached hydrogens (primary N) is 1. The van der Waals surface area contributed by atoms with Crippen molar-refractivity contribution >= 4 is 127 Å². The lowest BCUT2D eigenvalue weighted by atomic mass is 9.85. The van der Waals surface area contributed by atoms with Crippen LogP contribution in [0.5, 0.6) is 0 Å². The van der Waals surface area contributed by atoms with Crippen molar-refractivity contribution in [1.29, 1.82) is 0 Å². The highest BCUT2D eigenvalue weighted by Gasteiger charge is 2.32. The molecule has 72 heavy (non-hydrogen) atoms. The zero-order valence-electron chi connectivity index (χ0n) is 40.3. The van der Waals surface area contributed by atoms with Gasteiger partial charge in [-0.05, 0) is 140 Å². The van der Waals surface area contributed by atoms with Crippen molar-refractivity contribution in [3.8, 4) is 0 Å². The molecule has 4 aromatic heterocycles. The van der Waals surface area contributed by atoms with E-state index in [-0.39, 0.29) is 59.1 Å². The lowest BCUT2D eigenvalue weighted by molar-refractivity contribution is -0.144. The van der Waals surface area contributed by atoms with Crippen molar-refractivity contribution in [2.75, 3.05) is 67.1 Å². The number of benzene rings is 2. The van der Waals surface area contributed by atoms with Gasteiger partial charge in [0.2, 0.25) is 23.3 Å². The molecule has 19 nitrogen and oxygen atoms in total. The molecule has 2 aliphatic rings. The van der Waals surface area contributed by atoms with Crippen LogP contribution in [0.15, 0.2) is 81.9 Å². The maximum atomic E-state index is 13.3. The number of fused-ring (bicyclic) bond motifs is 2. The number of rotatable bonds is 13. The standard InChI is InChI=1S/C27H30ClN5O6.C23H26ClN5O3.ClH/c1-15(34)38-14-23(35)30-18-7-10-21-20(12-18)24(32-26(36)16-4-8-19(9-5-16)33(2)3)25(39-21)27(37)31-22-11-6-17(28)13-29-22;1-29(2)16-7-3-13(4-8-16)22(30)28-20-17-11-15(25)6-9-18(17)32-21(20)23(31)27-19-10-5-14(24)12-26-19;/h6-7,10-13,16,19H,4-5,8-9,14H2,1-3H3,(H,30,35)(H,32,36)(H,29,31,37);5-6,9-13,16H,3-4,7-8,25H2,1-2H3,(H,28,30)(H,26,27,31);1H. The molecule has 0 atom stereocenters. The molecule has 0 aliphatic heterocycles. The Labute approximate surface area is 431 Å². The van der Waals surface area contributed by atoms with E-state index in [2.05, 4.69) is 60.4 Å². The van der Waals surface area contributed by atoms with E-state index < -0.39 is 30.3 Å². The number of halogens is 3. The molecule has 7 N–H and O–H groups in total. The van der Waals surface area contributed by atoms with Crippen LogP contribution in [0, 0.1) is 11.8 Å². The summed E-state index contributed by atoms with van der Waals surface area (Å²) in [6, 6.07) is 17.0. The minimum atomic E-state index is -0.618. The molecule has 22 heteroatoms. The third-order valence-corrected chi connectivity index (χ3v) is 13.0. The van der Waals surface area contributed by atoms with Crippen LogP contribution < -0.4 is 32.3 Å². The number of hydrogen-bond donors (Lipinski definition) is 6. The van der Waals surface area contributed by atoms with E-state index in [9.17, 15) is 28.8 Å². The van der Waals surface area contributed by atoms with Crippen molar-refractivity contribution in [1.82, 2.24) is 19.8 Å². The molecule has 8 rings (SSSR count). The van der Waals surface area contributed by atoms with Crippen LogP contribution in [0.25, 0.3) is 21.9 Å². The normalized spacial score (nSPS) is 17.5. The monoisotopic (exact) mass is 1050 g/mol. The molecule has 2 aromatic carbocycles. The first-order valence-corrected chi connectivity index (χ1v) is 23.8. The first-order valence-electron chi connectivity index (χ1n) is 23.0. The lowest BCUT2D eigenvalue weighted by Gasteiger charge is -2.31. The Morgan fingerprint density at radius 2 is 1.07 bits per heavy atom. The molecule has 5 amide bonds. The van der Waals surface area contributed by atoms with Crippen LogP contribution in [0.1, 0.15) is 79.4 Å². The van der Waals surface area contributed by atoms with Crippen molar-refractivity contribution in [3.63, 3.8) is 0 Å². The smallest absolute Gasteiger partial charge is 0.303 e. The average molecular weight is 1050 g/mol. The molecule has 0 radical (unpaired) electrons. The number of nitrogen functional groups attached to an aromatic ring is 1. The molecule has 4 heterocycles. The Balaban J connectivity index is 0.000000236. The summed E-state index contributed by atoms with van der Waals surface area (Å²) in [5, 5.41) is 15.7. The SMILES string of the molecule is CC(=O)OCC(=O)Nc1ccc2oc(C(=O)Nc3ccc(Cl)cn3)c(NC(=O)C3CCC(N(C)C)CC3)c2c1.CN(C)C1CCC(C(=O)Nc2c(C(=O)Nc3ccc(Cl)cn3)oc3ccc(N)cc23)CC1.Cl. The molecule has 0 spiro atoms. The van der Waals surface area contributed by atoms with Gasteiger partial charge in [-0.1, -0.05) is 23.2 Å². The van der Waals surface area contributed by atoms with E-state index in [0.717, 1.165) is 51.4 Å². The average Bonchev–Trinajstić information content (AvgIpc) is 3.89. The number of amides is 5. The van der Waals surface area contributed by atoms with Gasteiger partial charge in [-0.25, -0.2) is 9.97 Å². The summed E-state index contributed by atoms with van der Waals surface area (Å²) in [7, 11) is 8.19. The van der Waals surface area contributed by atoms with Gasteiger partial charge in [0.15, 0.2) is 6.61 Å². The van der Waals surface area contributed by atoms with E-state index in [1.807, 2.05) is 14.1 Å². The van der Waals surface area contributed by atoms with E-state index in [1.165, 1.54) is 19.3 Å². The van der Waals surface area contributed by atoms with Crippen LogP contribution in [0.3, 0.4) is 0 Å². The lowest BCUT2D eigenvalue weighted by Crippen LogP contribution is -2.35. The third kappa shape index (κ3) is 14.0. The Kier molecular flexibility index (Phi) is 18.6. The molecule has 382 valence electrons. The van der Waals surface area contributed by atoms with Gasteiger partial charge in [-0.15, -0.1) is 12.4 Å². The summed E-state index contributed by atoms with van der Waals surface area (Å²) >= 11 is 11.7. The third-order valence-electron chi connectivity index (χ3n) is 12.5. The maximum absolute atomic E-state index is 13.3. The number of pyridine rings is 2. The quantitative estimate of drug-likeness (QED) is 0.0466. The molecule has 2 saturated carbocycles.